The highest BCUT2D eigenvalue weighted by molar-refractivity contribution is 7.81. The summed E-state index contributed by atoms with van der Waals surface area (Å²) < 4.78 is 25.9. The van der Waals surface area contributed by atoms with Crippen LogP contribution in [-0.2, 0) is 11.2 Å². The van der Waals surface area contributed by atoms with Crippen molar-refractivity contribution in [1.29, 1.82) is 0 Å². The average Bonchev–Trinajstić information content (AvgIpc) is 2.46. The van der Waals surface area contributed by atoms with E-state index in [9.17, 15) is 4.39 Å². The number of ether oxygens (including phenoxy) is 2. The SMILES string of the molecule is CC(C)(C)S.FC1(C2COc3ccccc3C2)CCOCC1. The van der Waals surface area contributed by atoms with Gasteiger partial charge >= 0.3 is 0 Å². The summed E-state index contributed by atoms with van der Waals surface area (Å²) in [6.45, 7) is 7.72. The second-order valence-corrected chi connectivity index (χ2v) is 8.48. The summed E-state index contributed by atoms with van der Waals surface area (Å²) in [5, 5.41) is 0. The van der Waals surface area contributed by atoms with Crippen molar-refractivity contribution >= 4 is 12.6 Å². The number of hydrogen-bond acceptors (Lipinski definition) is 3. The Kier molecular flexibility index (Phi) is 5.78. The quantitative estimate of drug-likeness (QED) is 0.768. The number of alkyl halides is 1. The fourth-order valence-corrected chi connectivity index (χ4v) is 2.78. The third kappa shape index (κ3) is 5.17. The molecule has 4 heteroatoms. The molecule has 124 valence electrons. The van der Waals surface area contributed by atoms with Gasteiger partial charge in [-0.3, -0.25) is 0 Å². The fourth-order valence-electron chi connectivity index (χ4n) is 2.78. The van der Waals surface area contributed by atoms with Crippen LogP contribution in [0.3, 0.4) is 0 Å². The summed E-state index contributed by atoms with van der Waals surface area (Å²) in [7, 11) is 0. The van der Waals surface area contributed by atoms with E-state index >= 15 is 0 Å². The Hall–Kier alpha value is -0.740. The van der Waals surface area contributed by atoms with Crippen molar-refractivity contribution in [2.45, 2.75) is 50.4 Å². The Bertz CT molecular complexity index is 472. The van der Waals surface area contributed by atoms with Crippen molar-refractivity contribution in [3.8, 4) is 5.75 Å². The lowest BCUT2D eigenvalue weighted by Crippen LogP contribution is -2.44. The van der Waals surface area contributed by atoms with Crippen molar-refractivity contribution < 1.29 is 13.9 Å². The minimum Gasteiger partial charge on any atom is -0.493 e. The molecule has 2 nitrogen and oxygen atoms in total. The molecule has 0 amide bonds. The van der Waals surface area contributed by atoms with Crippen LogP contribution in [0.15, 0.2) is 24.3 Å². The molecule has 1 fully saturated rings. The highest BCUT2D eigenvalue weighted by atomic mass is 32.1. The molecule has 2 aliphatic rings. The summed E-state index contributed by atoms with van der Waals surface area (Å²) in [6, 6.07) is 7.93. The summed E-state index contributed by atoms with van der Waals surface area (Å²) >= 11 is 4.12. The molecule has 1 saturated heterocycles. The van der Waals surface area contributed by atoms with Crippen LogP contribution in [0.2, 0.25) is 0 Å². The van der Waals surface area contributed by atoms with E-state index in [4.69, 9.17) is 9.47 Å². The van der Waals surface area contributed by atoms with Crippen molar-refractivity contribution in [1.82, 2.24) is 0 Å². The van der Waals surface area contributed by atoms with E-state index in [-0.39, 0.29) is 10.7 Å². The van der Waals surface area contributed by atoms with Crippen LogP contribution in [0.25, 0.3) is 0 Å². The van der Waals surface area contributed by atoms with E-state index in [2.05, 4.69) is 33.4 Å². The Morgan fingerprint density at radius 1 is 1.18 bits per heavy atom. The van der Waals surface area contributed by atoms with Crippen LogP contribution in [0.4, 0.5) is 4.39 Å². The molecule has 1 unspecified atom stereocenters. The molecule has 2 aliphatic heterocycles. The topological polar surface area (TPSA) is 18.5 Å². The molecule has 22 heavy (non-hydrogen) atoms. The maximum Gasteiger partial charge on any atom is 0.122 e. The number of hydrogen-bond donors (Lipinski definition) is 1. The van der Waals surface area contributed by atoms with Gasteiger partial charge in [0, 0.05) is 36.7 Å². The van der Waals surface area contributed by atoms with Gasteiger partial charge in [-0.25, -0.2) is 4.39 Å². The highest BCUT2D eigenvalue weighted by Gasteiger charge is 2.42. The van der Waals surface area contributed by atoms with Crippen molar-refractivity contribution in [2.24, 2.45) is 5.92 Å². The Balaban J connectivity index is 0.000000309. The highest BCUT2D eigenvalue weighted by Crippen LogP contribution is 2.39. The lowest BCUT2D eigenvalue weighted by atomic mass is 9.78. The summed E-state index contributed by atoms with van der Waals surface area (Å²) in [6.07, 6.45) is 1.79. The van der Waals surface area contributed by atoms with E-state index in [1.54, 1.807) is 0 Å². The predicted octanol–water partition coefficient (Wildman–Crippen LogP) is 4.47. The number of para-hydroxylation sites is 1. The first kappa shape index (κ1) is 17.6. The van der Waals surface area contributed by atoms with Crippen LogP contribution >= 0.6 is 12.6 Å². The van der Waals surface area contributed by atoms with Gasteiger partial charge in [-0.1, -0.05) is 39.0 Å². The first-order chi connectivity index (χ1) is 10.3. The zero-order valence-electron chi connectivity index (χ0n) is 13.8. The van der Waals surface area contributed by atoms with Gasteiger partial charge in [-0.05, 0) is 18.1 Å². The van der Waals surface area contributed by atoms with E-state index < -0.39 is 5.67 Å². The van der Waals surface area contributed by atoms with Crippen LogP contribution < -0.4 is 4.74 Å². The van der Waals surface area contributed by atoms with E-state index in [0.717, 1.165) is 17.7 Å². The Labute approximate surface area is 138 Å². The van der Waals surface area contributed by atoms with E-state index in [1.807, 2.05) is 24.3 Å². The first-order valence-electron chi connectivity index (χ1n) is 7.98. The van der Waals surface area contributed by atoms with Crippen LogP contribution in [-0.4, -0.2) is 30.2 Å². The number of fused-ring (bicyclic) bond motifs is 1. The number of halogens is 1. The Morgan fingerprint density at radius 3 is 2.41 bits per heavy atom. The first-order valence-corrected chi connectivity index (χ1v) is 8.42. The van der Waals surface area contributed by atoms with Crippen LogP contribution in [0, 0.1) is 5.92 Å². The molecule has 1 aromatic rings. The number of benzene rings is 1. The van der Waals surface area contributed by atoms with Crippen molar-refractivity contribution in [2.75, 3.05) is 19.8 Å². The van der Waals surface area contributed by atoms with Gasteiger partial charge in [0.05, 0.1) is 6.61 Å². The number of rotatable bonds is 1. The van der Waals surface area contributed by atoms with Crippen molar-refractivity contribution in [3.63, 3.8) is 0 Å². The summed E-state index contributed by atoms with van der Waals surface area (Å²) in [5.74, 6) is 0.890. The summed E-state index contributed by atoms with van der Waals surface area (Å²) in [4.78, 5) is 0. The molecule has 1 atom stereocenters. The van der Waals surface area contributed by atoms with Gasteiger partial charge in [-0.15, -0.1) is 0 Å². The molecule has 0 radical (unpaired) electrons. The standard InChI is InChI=1S/C14H17FO2.C4H10S/c15-14(5-7-16-8-6-14)12-9-11-3-1-2-4-13(11)17-10-12;1-4(2,3)5/h1-4,12H,5-10H2;5H,1-3H3. The zero-order chi connectivity index (χ0) is 16.2. The maximum atomic E-state index is 14.8. The van der Waals surface area contributed by atoms with Gasteiger partial charge < -0.3 is 9.47 Å². The molecular weight excluding hydrogens is 299 g/mol. The predicted molar refractivity (Wildman–Crippen MR) is 91.8 cm³/mol. The van der Waals surface area contributed by atoms with Gasteiger partial charge in [0.25, 0.3) is 0 Å². The van der Waals surface area contributed by atoms with Gasteiger partial charge in [0.1, 0.15) is 11.4 Å². The smallest absolute Gasteiger partial charge is 0.122 e. The molecule has 0 aromatic heterocycles. The van der Waals surface area contributed by atoms with Crippen molar-refractivity contribution in [3.05, 3.63) is 29.8 Å². The summed E-state index contributed by atoms with van der Waals surface area (Å²) in [5.41, 5.74) is 0.0264. The second kappa shape index (κ2) is 7.22. The molecule has 0 spiro atoms. The average molecular weight is 326 g/mol. The molecule has 0 aliphatic carbocycles. The third-order valence-electron chi connectivity index (χ3n) is 3.93. The van der Waals surface area contributed by atoms with Gasteiger partial charge in [0.15, 0.2) is 0 Å². The molecule has 3 rings (SSSR count). The van der Waals surface area contributed by atoms with Crippen LogP contribution in [0.1, 0.15) is 39.2 Å². The fraction of sp³-hybridized carbons (Fsp3) is 0.667. The monoisotopic (exact) mass is 326 g/mol. The number of thiol groups is 1. The zero-order valence-corrected chi connectivity index (χ0v) is 14.7. The molecule has 2 heterocycles. The van der Waals surface area contributed by atoms with E-state index in [1.165, 1.54) is 0 Å². The largest absolute Gasteiger partial charge is 0.493 e. The van der Waals surface area contributed by atoms with Gasteiger partial charge in [0.2, 0.25) is 0 Å². The lowest BCUT2D eigenvalue weighted by Gasteiger charge is -2.39. The molecule has 0 saturated carbocycles. The third-order valence-corrected chi connectivity index (χ3v) is 3.93. The molecular formula is C18H27FO2S. The lowest BCUT2D eigenvalue weighted by molar-refractivity contribution is -0.0566. The molecule has 0 bridgehead atoms. The maximum absolute atomic E-state index is 14.8. The van der Waals surface area contributed by atoms with Crippen LogP contribution in [0.5, 0.6) is 5.75 Å². The minimum atomic E-state index is -1.11. The Morgan fingerprint density at radius 2 is 1.77 bits per heavy atom. The minimum absolute atomic E-state index is 0.0266. The second-order valence-electron chi connectivity index (χ2n) is 7.14. The van der Waals surface area contributed by atoms with E-state index in [0.29, 0.717) is 32.7 Å². The van der Waals surface area contributed by atoms with Gasteiger partial charge in [-0.2, -0.15) is 12.6 Å². The normalized spacial score (nSPS) is 23.6. The molecule has 1 aromatic carbocycles. The molecule has 0 N–H and O–H groups in total.